The van der Waals surface area contributed by atoms with E-state index < -0.39 is 23.3 Å². The number of aryl methyl sites for hydroxylation is 1. The lowest BCUT2D eigenvalue weighted by Crippen LogP contribution is -2.41. The number of aliphatic carboxylic acids is 1. The summed E-state index contributed by atoms with van der Waals surface area (Å²) in [5.41, 5.74) is -0.722. The maximum Gasteiger partial charge on any atom is 0.321 e. The average molecular weight is 297 g/mol. The summed E-state index contributed by atoms with van der Waals surface area (Å²) in [5.74, 6) is -0.972. The fraction of sp³-hybridized carbons (Fsp3) is 0.583. The van der Waals surface area contributed by atoms with Gasteiger partial charge in [-0.3, -0.25) is 14.9 Å². The van der Waals surface area contributed by atoms with Crippen molar-refractivity contribution in [3.8, 4) is 0 Å². The van der Waals surface area contributed by atoms with Gasteiger partial charge in [-0.2, -0.15) is 0 Å². The molecule has 0 unspecified atom stereocenters. The van der Waals surface area contributed by atoms with Gasteiger partial charge in [0.25, 0.3) is 0 Å². The predicted molar refractivity (Wildman–Crippen MR) is 72.0 cm³/mol. The number of nitrogens with one attached hydrogen (secondary N) is 2. The summed E-state index contributed by atoms with van der Waals surface area (Å²) < 4.78 is 1.64. The molecule has 3 amide bonds. The number of hydrogen-bond donors (Lipinski definition) is 3. The van der Waals surface area contributed by atoms with Crippen molar-refractivity contribution < 1.29 is 19.5 Å². The maximum absolute atomic E-state index is 11.7. The SMILES string of the molecule is Cn1cnnc1CNC(=O)NC(=O)CC(C)(C)CC(=O)O. The van der Waals surface area contributed by atoms with Crippen LogP contribution in [0, 0.1) is 5.41 Å². The van der Waals surface area contributed by atoms with E-state index in [9.17, 15) is 14.4 Å². The third-order valence-electron chi connectivity index (χ3n) is 2.73. The van der Waals surface area contributed by atoms with E-state index in [0.717, 1.165) is 0 Å². The molecular weight excluding hydrogens is 278 g/mol. The number of rotatable bonds is 6. The highest BCUT2D eigenvalue weighted by Gasteiger charge is 2.25. The Hall–Kier alpha value is -2.45. The molecule has 0 aliphatic carbocycles. The van der Waals surface area contributed by atoms with Crippen molar-refractivity contribution in [2.75, 3.05) is 0 Å². The van der Waals surface area contributed by atoms with Crippen LogP contribution in [-0.4, -0.2) is 37.8 Å². The van der Waals surface area contributed by atoms with E-state index in [0.29, 0.717) is 5.82 Å². The van der Waals surface area contributed by atoms with E-state index in [1.807, 2.05) is 0 Å². The van der Waals surface area contributed by atoms with Gasteiger partial charge in [-0.15, -0.1) is 10.2 Å². The zero-order valence-electron chi connectivity index (χ0n) is 12.2. The Morgan fingerprint density at radius 2 is 2.00 bits per heavy atom. The van der Waals surface area contributed by atoms with Gasteiger partial charge < -0.3 is 15.0 Å². The lowest BCUT2D eigenvalue weighted by molar-refractivity contribution is -0.139. The number of aromatic nitrogens is 3. The van der Waals surface area contributed by atoms with Gasteiger partial charge in [-0.1, -0.05) is 13.8 Å². The molecule has 116 valence electrons. The van der Waals surface area contributed by atoms with Crippen LogP contribution in [0.15, 0.2) is 6.33 Å². The lowest BCUT2D eigenvalue weighted by Gasteiger charge is -2.21. The molecule has 0 radical (unpaired) electrons. The Morgan fingerprint density at radius 1 is 1.33 bits per heavy atom. The van der Waals surface area contributed by atoms with E-state index in [1.54, 1.807) is 25.5 Å². The number of carbonyl (C=O) groups excluding carboxylic acids is 2. The summed E-state index contributed by atoms with van der Waals surface area (Å²) in [5, 5.41) is 20.8. The number of urea groups is 1. The molecule has 0 bridgehead atoms. The van der Waals surface area contributed by atoms with Crippen LogP contribution < -0.4 is 10.6 Å². The highest BCUT2D eigenvalue weighted by molar-refractivity contribution is 5.94. The van der Waals surface area contributed by atoms with E-state index >= 15 is 0 Å². The number of carboxylic acid groups (broad SMARTS) is 1. The van der Waals surface area contributed by atoms with Gasteiger partial charge in [0.1, 0.15) is 6.33 Å². The summed E-state index contributed by atoms with van der Waals surface area (Å²) in [6.45, 7) is 3.43. The van der Waals surface area contributed by atoms with Gasteiger partial charge in [0.15, 0.2) is 5.82 Å². The standard InChI is InChI=1S/C12H19N5O4/c1-12(2,5-10(19)20)4-9(18)15-11(21)13-6-8-16-14-7-17(8)3/h7H,4-6H2,1-3H3,(H,19,20)(H2,13,15,18,21). The van der Waals surface area contributed by atoms with Crippen LogP contribution in [0.2, 0.25) is 0 Å². The van der Waals surface area contributed by atoms with Crippen LogP contribution in [0.4, 0.5) is 4.79 Å². The zero-order chi connectivity index (χ0) is 16.0. The summed E-state index contributed by atoms with van der Waals surface area (Å²) >= 11 is 0. The Morgan fingerprint density at radius 3 is 2.52 bits per heavy atom. The number of carboxylic acids is 1. The van der Waals surface area contributed by atoms with Crippen LogP contribution in [0.3, 0.4) is 0 Å². The highest BCUT2D eigenvalue weighted by Crippen LogP contribution is 2.24. The Bertz CT molecular complexity index is 538. The van der Waals surface area contributed by atoms with Crippen molar-refractivity contribution in [3.05, 3.63) is 12.2 Å². The van der Waals surface area contributed by atoms with Crippen LogP contribution in [0.25, 0.3) is 0 Å². The Balaban J connectivity index is 2.39. The summed E-state index contributed by atoms with van der Waals surface area (Å²) in [7, 11) is 1.73. The first-order chi connectivity index (χ1) is 9.69. The molecule has 21 heavy (non-hydrogen) atoms. The second-order valence-electron chi connectivity index (χ2n) is 5.50. The Labute approximate surface area is 121 Å². The quantitative estimate of drug-likeness (QED) is 0.680. The molecule has 9 heteroatoms. The van der Waals surface area contributed by atoms with Gasteiger partial charge in [-0.05, 0) is 5.41 Å². The van der Waals surface area contributed by atoms with E-state index in [1.165, 1.54) is 6.33 Å². The van der Waals surface area contributed by atoms with Gasteiger partial charge in [0, 0.05) is 13.5 Å². The molecule has 0 spiro atoms. The molecule has 0 saturated heterocycles. The van der Waals surface area contributed by atoms with E-state index in [4.69, 9.17) is 5.11 Å². The summed E-state index contributed by atoms with van der Waals surface area (Å²) in [6, 6.07) is -0.658. The predicted octanol–water partition coefficient (Wildman–Crippen LogP) is 0.0319. The molecule has 0 aliphatic rings. The molecule has 0 saturated carbocycles. The van der Waals surface area contributed by atoms with Crippen molar-refractivity contribution in [1.82, 2.24) is 25.4 Å². The second kappa shape index (κ2) is 6.82. The van der Waals surface area contributed by atoms with E-state index in [-0.39, 0.29) is 19.4 Å². The van der Waals surface area contributed by atoms with Gasteiger partial charge in [-0.25, -0.2) is 4.79 Å². The molecule has 1 aromatic heterocycles. The fourth-order valence-corrected chi connectivity index (χ4v) is 1.75. The largest absolute Gasteiger partial charge is 0.481 e. The van der Waals surface area contributed by atoms with Crippen molar-refractivity contribution in [3.63, 3.8) is 0 Å². The number of imide groups is 1. The van der Waals surface area contributed by atoms with Crippen LogP contribution in [0.5, 0.6) is 0 Å². The van der Waals surface area contributed by atoms with Crippen LogP contribution >= 0.6 is 0 Å². The highest BCUT2D eigenvalue weighted by atomic mass is 16.4. The molecule has 9 nitrogen and oxygen atoms in total. The number of nitrogens with zero attached hydrogens (tertiary/aromatic N) is 3. The first kappa shape index (κ1) is 16.6. The minimum Gasteiger partial charge on any atom is -0.481 e. The molecule has 1 aromatic rings. The molecule has 0 fully saturated rings. The van der Waals surface area contributed by atoms with E-state index in [2.05, 4.69) is 20.8 Å². The Kier molecular flexibility index (Phi) is 5.39. The third-order valence-corrected chi connectivity index (χ3v) is 2.73. The van der Waals surface area contributed by atoms with Crippen LogP contribution in [-0.2, 0) is 23.2 Å². The zero-order valence-corrected chi connectivity index (χ0v) is 12.2. The summed E-state index contributed by atoms with van der Waals surface area (Å²) in [4.78, 5) is 33.9. The molecular formula is C12H19N5O4. The van der Waals surface area contributed by atoms with Gasteiger partial charge in [0.2, 0.25) is 5.91 Å². The lowest BCUT2D eigenvalue weighted by atomic mass is 9.85. The molecule has 1 heterocycles. The van der Waals surface area contributed by atoms with Crippen molar-refractivity contribution >= 4 is 17.9 Å². The number of amides is 3. The normalized spacial score (nSPS) is 11.0. The second-order valence-corrected chi connectivity index (χ2v) is 5.50. The third kappa shape index (κ3) is 6.02. The minimum absolute atomic E-state index is 0.0588. The number of carbonyl (C=O) groups is 3. The monoisotopic (exact) mass is 297 g/mol. The number of hydrogen-bond acceptors (Lipinski definition) is 5. The van der Waals surface area contributed by atoms with Crippen molar-refractivity contribution in [2.24, 2.45) is 12.5 Å². The topological polar surface area (TPSA) is 126 Å². The van der Waals surface area contributed by atoms with Gasteiger partial charge >= 0.3 is 12.0 Å². The molecule has 1 rings (SSSR count). The first-order valence-electron chi connectivity index (χ1n) is 6.32. The summed E-state index contributed by atoms with van der Waals surface area (Å²) in [6.07, 6.45) is 1.28. The first-order valence-corrected chi connectivity index (χ1v) is 6.32. The smallest absolute Gasteiger partial charge is 0.321 e. The maximum atomic E-state index is 11.7. The fourth-order valence-electron chi connectivity index (χ4n) is 1.75. The van der Waals surface area contributed by atoms with Gasteiger partial charge in [0.05, 0.1) is 13.0 Å². The molecule has 0 aliphatic heterocycles. The van der Waals surface area contributed by atoms with Crippen molar-refractivity contribution in [1.29, 1.82) is 0 Å². The molecule has 0 aromatic carbocycles. The van der Waals surface area contributed by atoms with Crippen molar-refractivity contribution in [2.45, 2.75) is 33.2 Å². The average Bonchev–Trinajstić information content (AvgIpc) is 2.69. The minimum atomic E-state index is -0.987. The molecule has 0 atom stereocenters. The van der Waals surface area contributed by atoms with Crippen LogP contribution in [0.1, 0.15) is 32.5 Å². The molecule has 3 N–H and O–H groups in total.